The van der Waals surface area contributed by atoms with Gasteiger partial charge in [-0.1, -0.05) is 17.7 Å². The van der Waals surface area contributed by atoms with Gasteiger partial charge in [-0.05, 0) is 24.6 Å². The topological polar surface area (TPSA) is 62.5 Å². The zero-order chi connectivity index (χ0) is 16.2. The third-order valence-corrected chi connectivity index (χ3v) is 4.94. The van der Waals surface area contributed by atoms with Crippen molar-refractivity contribution in [1.82, 2.24) is 14.8 Å². The average molecular weight is 387 g/mol. The van der Waals surface area contributed by atoms with Gasteiger partial charge in [0, 0.05) is 54.4 Å². The Bertz CT molecular complexity index is 694. The van der Waals surface area contributed by atoms with Crippen molar-refractivity contribution in [2.75, 3.05) is 31.9 Å². The number of benzene rings is 1. The molecule has 1 aliphatic heterocycles. The first-order valence-electron chi connectivity index (χ1n) is 7.59. The molecule has 1 saturated heterocycles. The Morgan fingerprint density at radius 3 is 2.83 bits per heavy atom. The first-order valence-corrected chi connectivity index (χ1v) is 8.78. The van der Waals surface area contributed by atoms with E-state index in [0.29, 0.717) is 15.7 Å². The number of carbonyl (C=O) groups is 1. The molecule has 0 unspecified atom stereocenters. The molecule has 3 rings (SSSR count). The number of hydrogen-bond acceptors (Lipinski definition) is 5. The number of amides is 1. The zero-order valence-electron chi connectivity index (χ0n) is 13.2. The van der Waals surface area contributed by atoms with Crippen molar-refractivity contribution in [1.29, 1.82) is 0 Å². The SMILES string of the molecule is Cl.Nc1ncc(CN2CCCN(C(=O)c3cccc(Cl)c3)CC2)s1. The Morgan fingerprint density at radius 1 is 1.29 bits per heavy atom. The molecule has 2 heterocycles. The van der Waals surface area contributed by atoms with Gasteiger partial charge in [0.25, 0.3) is 5.91 Å². The maximum atomic E-state index is 12.6. The molecule has 8 heteroatoms. The molecule has 0 aliphatic carbocycles. The smallest absolute Gasteiger partial charge is 0.253 e. The highest BCUT2D eigenvalue weighted by Gasteiger charge is 2.20. The number of thiazole rings is 1. The molecule has 0 spiro atoms. The highest BCUT2D eigenvalue weighted by atomic mass is 35.5. The second kappa shape index (κ2) is 8.67. The predicted molar refractivity (Wildman–Crippen MR) is 101 cm³/mol. The second-order valence-electron chi connectivity index (χ2n) is 5.60. The summed E-state index contributed by atoms with van der Waals surface area (Å²) in [6, 6.07) is 7.14. The van der Waals surface area contributed by atoms with E-state index in [1.807, 2.05) is 23.2 Å². The van der Waals surface area contributed by atoms with E-state index in [2.05, 4.69) is 9.88 Å². The van der Waals surface area contributed by atoms with Gasteiger partial charge in [-0.2, -0.15) is 0 Å². The number of rotatable bonds is 3. The third kappa shape index (κ3) is 4.83. The van der Waals surface area contributed by atoms with Gasteiger partial charge >= 0.3 is 0 Å². The van der Waals surface area contributed by atoms with Crippen LogP contribution in [0.3, 0.4) is 0 Å². The van der Waals surface area contributed by atoms with Gasteiger partial charge in [0.2, 0.25) is 0 Å². The fraction of sp³-hybridized carbons (Fsp3) is 0.375. The van der Waals surface area contributed by atoms with Crippen LogP contribution in [0.15, 0.2) is 30.5 Å². The number of nitrogens with two attached hydrogens (primary N) is 1. The van der Waals surface area contributed by atoms with Gasteiger partial charge in [-0.25, -0.2) is 4.98 Å². The van der Waals surface area contributed by atoms with Gasteiger partial charge in [-0.3, -0.25) is 9.69 Å². The first kappa shape index (κ1) is 19.0. The lowest BCUT2D eigenvalue weighted by atomic mass is 10.2. The Hall–Kier alpha value is -1.34. The molecule has 0 saturated carbocycles. The molecule has 0 atom stereocenters. The van der Waals surface area contributed by atoms with E-state index < -0.39 is 0 Å². The summed E-state index contributed by atoms with van der Waals surface area (Å²) in [5.41, 5.74) is 6.33. The number of halogens is 2. The van der Waals surface area contributed by atoms with Crippen LogP contribution >= 0.6 is 35.3 Å². The lowest BCUT2D eigenvalue weighted by molar-refractivity contribution is 0.0761. The summed E-state index contributed by atoms with van der Waals surface area (Å²) >= 11 is 7.51. The van der Waals surface area contributed by atoms with Crippen molar-refractivity contribution >= 4 is 46.4 Å². The molecule has 1 aliphatic rings. The van der Waals surface area contributed by atoms with Crippen LogP contribution in [0, 0.1) is 0 Å². The van der Waals surface area contributed by atoms with E-state index in [9.17, 15) is 4.79 Å². The predicted octanol–water partition coefficient (Wildman–Crippen LogP) is 3.15. The zero-order valence-corrected chi connectivity index (χ0v) is 15.5. The van der Waals surface area contributed by atoms with Crippen molar-refractivity contribution in [3.05, 3.63) is 45.9 Å². The lowest BCUT2D eigenvalue weighted by Crippen LogP contribution is -2.35. The van der Waals surface area contributed by atoms with Crippen molar-refractivity contribution < 1.29 is 4.79 Å². The molecule has 2 aromatic rings. The van der Waals surface area contributed by atoms with E-state index in [4.69, 9.17) is 17.3 Å². The van der Waals surface area contributed by atoms with Gasteiger partial charge < -0.3 is 10.6 Å². The van der Waals surface area contributed by atoms with Crippen LogP contribution in [-0.4, -0.2) is 46.9 Å². The molecule has 1 aromatic heterocycles. The molecule has 130 valence electrons. The van der Waals surface area contributed by atoms with Crippen molar-refractivity contribution in [2.45, 2.75) is 13.0 Å². The van der Waals surface area contributed by atoms with E-state index in [0.717, 1.165) is 44.0 Å². The maximum Gasteiger partial charge on any atom is 0.253 e. The molecular formula is C16H20Cl2N4OS. The quantitative estimate of drug-likeness (QED) is 0.879. The van der Waals surface area contributed by atoms with Crippen molar-refractivity contribution in [3.63, 3.8) is 0 Å². The van der Waals surface area contributed by atoms with Crippen LogP contribution in [0.2, 0.25) is 5.02 Å². The molecule has 1 aromatic carbocycles. The standard InChI is InChI=1S/C16H19ClN4OS.ClH/c17-13-4-1-3-12(9-13)15(22)21-6-2-5-20(7-8-21)11-14-10-19-16(18)23-14;/h1,3-4,9-10H,2,5-8,11H2,(H2,18,19);1H. The summed E-state index contributed by atoms with van der Waals surface area (Å²) in [6.07, 6.45) is 2.79. The number of anilines is 1. The second-order valence-corrected chi connectivity index (χ2v) is 7.18. The minimum absolute atomic E-state index is 0. The molecule has 0 radical (unpaired) electrons. The van der Waals surface area contributed by atoms with E-state index >= 15 is 0 Å². The van der Waals surface area contributed by atoms with Gasteiger partial charge in [0.05, 0.1) is 0 Å². The largest absolute Gasteiger partial charge is 0.375 e. The Balaban J connectivity index is 0.00000208. The van der Waals surface area contributed by atoms with E-state index in [1.165, 1.54) is 11.3 Å². The summed E-state index contributed by atoms with van der Waals surface area (Å²) in [6.45, 7) is 4.15. The summed E-state index contributed by atoms with van der Waals surface area (Å²) in [5.74, 6) is 0.0522. The van der Waals surface area contributed by atoms with Gasteiger partial charge in [0.15, 0.2) is 5.13 Å². The van der Waals surface area contributed by atoms with Crippen LogP contribution in [0.1, 0.15) is 21.7 Å². The van der Waals surface area contributed by atoms with Crippen LogP contribution < -0.4 is 5.73 Å². The fourth-order valence-electron chi connectivity index (χ4n) is 2.75. The van der Waals surface area contributed by atoms with Gasteiger partial charge in [-0.15, -0.1) is 23.7 Å². The van der Waals surface area contributed by atoms with Crippen molar-refractivity contribution in [2.24, 2.45) is 0 Å². The lowest BCUT2D eigenvalue weighted by Gasteiger charge is -2.21. The molecule has 1 fully saturated rings. The van der Waals surface area contributed by atoms with Crippen LogP contribution in [0.4, 0.5) is 5.13 Å². The normalized spacial score (nSPS) is 15.6. The number of nitrogen functional groups attached to an aromatic ring is 1. The maximum absolute atomic E-state index is 12.6. The highest BCUT2D eigenvalue weighted by molar-refractivity contribution is 7.15. The number of carbonyl (C=O) groups excluding carboxylic acids is 1. The summed E-state index contributed by atoms with van der Waals surface area (Å²) < 4.78 is 0. The molecule has 1 amide bonds. The van der Waals surface area contributed by atoms with Gasteiger partial charge in [0.1, 0.15) is 0 Å². The molecular weight excluding hydrogens is 367 g/mol. The monoisotopic (exact) mass is 386 g/mol. The molecule has 5 nitrogen and oxygen atoms in total. The minimum Gasteiger partial charge on any atom is -0.375 e. The first-order chi connectivity index (χ1) is 11.1. The van der Waals surface area contributed by atoms with Crippen LogP contribution in [-0.2, 0) is 6.54 Å². The van der Waals surface area contributed by atoms with Crippen LogP contribution in [0.5, 0.6) is 0 Å². The van der Waals surface area contributed by atoms with Crippen molar-refractivity contribution in [3.8, 4) is 0 Å². The highest BCUT2D eigenvalue weighted by Crippen LogP contribution is 2.18. The minimum atomic E-state index is 0. The Kier molecular flexibility index (Phi) is 6.86. The molecule has 2 N–H and O–H groups in total. The fourth-order valence-corrected chi connectivity index (χ4v) is 3.67. The number of nitrogens with zero attached hydrogens (tertiary/aromatic N) is 3. The Morgan fingerprint density at radius 2 is 2.12 bits per heavy atom. The Labute approximate surface area is 156 Å². The van der Waals surface area contributed by atoms with Crippen LogP contribution in [0.25, 0.3) is 0 Å². The molecule has 24 heavy (non-hydrogen) atoms. The van der Waals surface area contributed by atoms with E-state index in [-0.39, 0.29) is 18.3 Å². The third-order valence-electron chi connectivity index (χ3n) is 3.90. The summed E-state index contributed by atoms with van der Waals surface area (Å²) in [5, 5.41) is 1.20. The summed E-state index contributed by atoms with van der Waals surface area (Å²) in [7, 11) is 0. The van der Waals surface area contributed by atoms with E-state index in [1.54, 1.807) is 12.1 Å². The molecule has 0 bridgehead atoms. The number of aromatic nitrogens is 1. The number of hydrogen-bond donors (Lipinski definition) is 1. The average Bonchev–Trinajstić information content (AvgIpc) is 2.80. The summed E-state index contributed by atoms with van der Waals surface area (Å²) in [4.78, 5) is 22.1.